The van der Waals surface area contributed by atoms with Crippen LogP contribution in [0.4, 0.5) is 0 Å². The fourth-order valence-corrected chi connectivity index (χ4v) is 2.57. The molecule has 0 radical (unpaired) electrons. The van der Waals surface area contributed by atoms with Crippen molar-refractivity contribution < 1.29 is 14.7 Å². The van der Waals surface area contributed by atoms with Crippen LogP contribution in [0.3, 0.4) is 0 Å². The topological polar surface area (TPSA) is 83.6 Å². The summed E-state index contributed by atoms with van der Waals surface area (Å²) in [7, 11) is 1.70. The fraction of sp³-hybridized carbons (Fsp3) is 0.385. The van der Waals surface area contributed by atoms with Gasteiger partial charge in [-0.2, -0.15) is 0 Å². The van der Waals surface area contributed by atoms with E-state index in [1.54, 1.807) is 24.1 Å². The molecule has 0 fully saturated rings. The van der Waals surface area contributed by atoms with E-state index < -0.39 is 12.0 Å². The second-order valence-corrected chi connectivity index (χ2v) is 5.81. The Morgan fingerprint density at radius 1 is 1.50 bits per heavy atom. The first-order chi connectivity index (χ1) is 9.40. The van der Waals surface area contributed by atoms with Crippen LogP contribution >= 0.6 is 23.4 Å². The third-order valence-corrected chi connectivity index (χ3v) is 3.86. The number of nitrogens with two attached hydrogens (primary N) is 1. The quantitative estimate of drug-likeness (QED) is 0.795. The molecule has 0 unspecified atom stereocenters. The molecule has 0 spiro atoms. The Kier molecular flexibility index (Phi) is 6.84. The lowest BCUT2D eigenvalue weighted by molar-refractivity contribution is -0.138. The third kappa shape index (κ3) is 5.81. The monoisotopic (exact) mass is 316 g/mol. The number of thioether (sulfide) groups is 1. The summed E-state index contributed by atoms with van der Waals surface area (Å²) >= 11 is 7.10. The number of carboxylic acid groups (broad SMARTS) is 1. The SMILES string of the molecule is CN(Cc1cccc(Cl)c1)C(=O)CSC[C@H](N)C(=O)O. The molecular formula is C13H17ClN2O3S. The van der Waals surface area contributed by atoms with Gasteiger partial charge in [0.15, 0.2) is 0 Å². The summed E-state index contributed by atoms with van der Waals surface area (Å²) in [6, 6.07) is 6.36. The zero-order chi connectivity index (χ0) is 15.1. The van der Waals surface area contributed by atoms with Gasteiger partial charge < -0.3 is 15.7 Å². The maximum atomic E-state index is 11.9. The Hall–Kier alpha value is -1.24. The zero-order valence-electron chi connectivity index (χ0n) is 11.1. The predicted molar refractivity (Wildman–Crippen MR) is 80.9 cm³/mol. The third-order valence-electron chi connectivity index (χ3n) is 2.57. The summed E-state index contributed by atoms with van der Waals surface area (Å²) in [6.07, 6.45) is 0. The van der Waals surface area contributed by atoms with Gasteiger partial charge in [0.2, 0.25) is 5.91 Å². The Balaban J connectivity index is 2.38. The lowest BCUT2D eigenvalue weighted by Crippen LogP contribution is -2.34. The molecule has 5 nitrogen and oxygen atoms in total. The average Bonchev–Trinajstić information content (AvgIpc) is 2.38. The van der Waals surface area contributed by atoms with E-state index in [4.69, 9.17) is 22.4 Å². The van der Waals surface area contributed by atoms with E-state index in [9.17, 15) is 9.59 Å². The molecule has 20 heavy (non-hydrogen) atoms. The van der Waals surface area contributed by atoms with Crippen LogP contribution in [0, 0.1) is 0 Å². The predicted octanol–water partition coefficient (Wildman–Crippen LogP) is 1.44. The van der Waals surface area contributed by atoms with Crippen LogP contribution in [-0.4, -0.2) is 46.5 Å². The molecule has 0 saturated heterocycles. The number of halogens is 1. The van der Waals surface area contributed by atoms with Crippen molar-refractivity contribution >= 4 is 35.2 Å². The molecule has 0 saturated carbocycles. The number of amides is 1. The van der Waals surface area contributed by atoms with E-state index in [2.05, 4.69) is 0 Å². The molecule has 1 aromatic rings. The first-order valence-corrected chi connectivity index (χ1v) is 7.48. The first kappa shape index (κ1) is 16.8. The van der Waals surface area contributed by atoms with Crippen molar-refractivity contribution in [1.29, 1.82) is 0 Å². The summed E-state index contributed by atoms with van der Waals surface area (Å²) in [5, 5.41) is 9.26. The van der Waals surface area contributed by atoms with Gasteiger partial charge in [-0.05, 0) is 17.7 Å². The highest BCUT2D eigenvalue weighted by molar-refractivity contribution is 8.00. The maximum absolute atomic E-state index is 11.9. The summed E-state index contributed by atoms with van der Waals surface area (Å²) in [6.45, 7) is 0.463. The lowest BCUT2D eigenvalue weighted by Gasteiger charge is -2.17. The van der Waals surface area contributed by atoms with Crippen molar-refractivity contribution in [3.63, 3.8) is 0 Å². The number of carboxylic acids is 1. The normalized spacial score (nSPS) is 11.9. The Labute approximate surface area is 127 Å². The Morgan fingerprint density at radius 2 is 2.20 bits per heavy atom. The minimum Gasteiger partial charge on any atom is -0.480 e. The first-order valence-electron chi connectivity index (χ1n) is 5.94. The number of carbonyl (C=O) groups excluding carboxylic acids is 1. The fourth-order valence-electron chi connectivity index (χ4n) is 1.45. The van der Waals surface area contributed by atoms with Crippen molar-refractivity contribution in [2.45, 2.75) is 12.6 Å². The highest BCUT2D eigenvalue weighted by Crippen LogP contribution is 2.13. The van der Waals surface area contributed by atoms with Crippen LogP contribution in [0.25, 0.3) is 0 Å². The van der Waals surface area contributed by atoms with Gasteiger partial charge in [0.25, 0.3) is 0 Å². The van der Waals surface area contributed by atoms with Crippen molar-refractivity contribution in [1.82, 2.24) is 4.90 Å². The number of rotatable bonds is 7. The van der Waals surface area contributed by atoms with Gasteiger partial charge in [0, 0.05) is 24.4 Å². The van der Waals surface area contributed by atoms with E-state index in [-0.39, 0.29) is 17.4 Å². The Bertz CT molecular complexity index is 484. The molecule has 3 N–H and O–H groups in total. The molecule has 0 aliphatic carbocycles. The number of hydrogen-bond donors (Lipinski definition) is 2. The molecule has 0 aromatic heterocycles. The van der Waals surface area contributed by atoms with Crippen LogP contribution in [-0.2, 0) is 16.1 Å². The molecule has 110 valence electrons. The summed E-state index contributed by atoms with van der Waals surface area (Å²) < 4.78 is 0. The number of benzene rings is 1. The highest BCUT2D eigenvalue weighted by atomic mass is 35.5. The molecule has 1 rings (SSSR count). The molecule has 0 heterocycles. The van der Waals surface area contributed by atoms with Gasteiger partial charge in [-0.1, -0.05) is 23.7 Å². The molecule has 0 aliphatic heterocycles. The minimum atomic E-state index is -1.06. The molecule has 1 atom stereocenters. The van der Waals surface area contributed by atoms with Gasteiger partial charge >= 0.3 is 5.97 Å². The van der Waals surface area contributed by atoms with E-state index in [0.717, 1.165) is 5.56 Å². The maximum Gasteiger partial charge on any atom is 0.321 e. The number of carbonyl (C=O) groups is 2. The number of nitrogens with zero attached hydrogens (tertiary/aromatic N) is 1. The molecule has 7 heteroatoms. The summed E-state index contributed by atoms with van der Waals surface area (Å²) in [4.78, 5) is 24.0. The van der Waals surface area contributed by atoms with Crippen LogP contribution in [0.5, 0.6) is 0 Å². The minimum absolute atomic E-state index is 0.0763. The van der Waals surface area contributed by atoms with Crippen LogP contribution < -0.4 is 5.73 Å². The van der Waals surface area contributed by atoms with Crippen molar-refractivity contribution in [2.75, 3.05) is 18.6 Å². The van der Waals surface area contributed by atoms with E-state index in [1.807, 2.05) is 12.1 Å². The van der Waals surface area contributed by atoms with Crippen LogP contribution in [0.1, 0.15) is 5.56 Å². The van der Waals surface area contributed by atoms with E-state index in [0.29, 0.717) is 11.6 Å². The van der Waals surface area contributed by atoms with Gasteiger partial charge in [0.1, 0.15) is 6.04 Å². The van der Waals surface area contributed by atoms with Gasteiger partial charge in [-0.15, -0.1) is 11.8 Å². The molecule has 1 aromatic carbocycles. The van der Waals surface area contributed by atoms with Crippen molar-refractivity contribution in [2.24, 2.45) is 5.73 Å². The smallest absolute Gasteiger partial charge is 0.321 e. The van der Waals surface area contributed by atoms with Crippen LogP contribution in [0.2, 0.25) is 5.02 Å². The molecule has 0 bridgehead atoms. The van der Waals surface area contributed by atoms with E-state index in [1.165, 1.54) is 11.8 Å². The molecular weight excluding hydrogens is 300 g/mol. The standard InChI is InChI=1S/C13H17ClN2O3S/c1-16(6-9-3-2-4-10(14)5-9)12(17)8-20-7-11(15)13(18)19/h2-5,11H,6-8,15H2,1H3,(H,18,19)/t11-/m0/s1. The molecule has 1 amide bonds. The van der Waals surface area contributed by atoms with E-state index >= 15 is 0 Å². The lowest BCUT2D eigenvalue weighted by atomic mass is 10.2. The van der Waals surface area contributed by atoms with Gasteiger partial charge in [-0.3, -0.25) is 9.59 Å². The largest absolute Gasteiger partial charge is 0.480 e. The average molecular weight is 317 g/mol. The van der Waals surface area contributed by atoms with Gasteiger partial charge in [-0.25, -0.2) is 0 Å². The summed E-state index contributed by atoms with van der Waals surface area (Å²) in [5.41, 5.74) is 6.30. The second-order valence-electron chi connectivity index (χ2n) is 4.34. The molecule has 0 aliphatic rings. The van der Waals surface area contributed by atoms with Crippen LogP contribution in [0.15, 0.2) is 24.3 Å². The Morgan fingerprint density at radius 3 is 2.80 bits per heavy atom. The highest BCUT2D eigenvalue weighted by Gasteiger charge is 2.14. The second kappa shape index (κ2) is 8.14. The summed E-state index contributed by atoms with van der Waals surface area (Å²) in [5.74, 6) is -0.714. The van der Waals surface area contributed by atoms with Crippen molar-refractivity contribution in [3.05, 3.63) is 34.9 Å². The number of aliphatic carboxylic acids is 1. The van der Waals surface area contributed by atoms with Crippen molar-refractivity contribution in [3.8, 4) is 0 Å². The number of hydrogen-bond acceptors (Lipinski definition) is 4. The zero-order valence-corrected chi connectivity index (χ0v) is 12.7. The van der Waals surface area contributed by atoms with Gasteiger partial charge in [0.05, 0.1) is 5.75 Å².